The van der Waals surface area contributed by atoms with E-state index >= 15 is 0 Å². The van der Waals surface area contributed by atoms with E-state index in [2.05, 4.69) is 10.3 Å². The Kier molecular flexibility index (Phi) is 4.30. The first-order valence-corrected chi connectivity index (χ1v) is 6.80. The molecule has 1 aromatic heterocycles. The molecule has 0 bridgehead atoms. The molecule has 0 amide bonds. The Morgan fingerprint density at radius 3 is 2.65 bits per heavy atom. The summed E-state index contributed by atoms with van der Waals surface area (Å²) in [6, 6.07) is 1.69. The van der Waals surface area contributed by atoms with Gasteiger partial charge in [0.25, 0.3) is 0 Å². The van der Waals surface area contributed by atoms with Crippen molar-refractivity contribution >= 4 is 21.5 Å². The number of hydrogen-bond acceptors (Lipinski definition) is 5. The predicted molar refractivity (Wildman–Crippen MR) is 69.3 cm³/mol. The second-order valence-electron chi connectivity index (χ2n) is 3.95. The van der Waals surface area contributed by atoms with E-state index < -0.39 is 10.0 Å². The van der Waals surface area contributed by atoms with Crippen LogP contribution >= 0.6 is 0 Å². The molecule has 3 N–H and O–H groups in total. The van der Waals surface area contributed by atoms with Crippen molar-refractivity contribution in [1.29, 1.82) is 0 Å². The number of rotatable bonds is 5. The van der Waals surface area contributed by atoms with Crippen LogP contribution in [0.25, 0.3) is 0 Å². The van der Waals surface area contributed by atoms with Crippen molar-refractivity contribution in [3.8, 4) is 0 Å². The van der Waals surface area contributed by atoms with Crippen LogP contribution in [0, 0.1) is 6.92 Å². The quantitative estimate of drug-likeness (QED) is 0.791. The Hall–Kier alpha value is -1.34. The van der Waals surface area contributed by atoms with E-state index in [1.165, 1.54) is 18.4 Å². The number of nitrogens with two attached hydrogens (primary N) is 1. The lowest BCUT2D eigenvalue weighted by Crippen LogP contribution is -2.28. The first-order chi connectivity index (χ1) is 7.83. The van der Waals surface area contributed by atoms with Gasteiger partial charge in [-0.25, -0.2) is 17.7 Å². The lowest BCUT2D eigenvalue weighted by atomic mass is 10.2. The first kappa shape index (κ1) is 13.7. The smallest absolute Gasteiger partial charge is 0.215 e. The van der Waals surface area contributed by atoms with E-state index in [4.69, 9.17) is 5.73 Å². The number of nitrogens with zero attached hydrogens (tertiary/aromatic N) is 2. The number of aryl methyl sites for hydroxylation is 1. The van der Waals surface area contributed by atoms with Gasteiger partial charge in [0.15, 0.2) is 0 Å². The number of sulfonamides is 1. The third-order valence-corrected chi connectivity index (χ3v) is 4.20. The number of hydrogen-bond donors (Lipinski definition) is 2. The fourth-order valence-electron chi connectivity index (χ4n) is 1.13. The number of nitrogens with one attached hydrogen (secondary N) is 1. The summed E-state index contributed by atoms with van der Waals surface area (Å²) in [6.45, 7) is 2.17. The van der Waals surface area contributed by atoms with Crippen LogP contribution in [0.5, 0.6) is 0 Å². The van der Waals surface area contributed by atoms with Crippen LogP contribution < -0.4 is 11.1 Å². The minimum absolute atomic E-state index is 0.0233. The van der Waals surface area contributed by atoms with Crippen molar-refractivity contribution in [3.05, 3.63) is 17.8 Å². The number of nitrogen functional groups attached to an aromatic ring is 1. The second-order valence-corrected chi connectivity index (χ2v) is 6.25. The van der Waals surface area contributed by atoms with Gasteiger partial charge in [0.2, 0.25) is 10.0 Å². The summed E-state index contributed by atoms with van der Waals surface area (Å²) in [7, 11) is -0.152. The Bertz CT molecular complexity index is 485. The monoisotopic (exact) mass is 258 g/mol. The van der Waals surface area contributed by atoms with E-state index in [0.29, 0.717) is 18.1 Å². The zero-order valence-electron chi connectivity index (χ0n) is 10.3. The molecule has 6 nitrogen and oxygen atoms in total. The van der Waals surface area contributed by atoms with Gasteiger partial charge >= 0.3 is 0 Å². The molecule has 0 atom stereocenters. The third-order valence-electron chi connectivity index (χ3n) is 2.37. The molecule has 0 radical (unpaired) electrons. The summed E-state index contributed by atoms with van der Waals surface area (Å²) in [5.74, 6) is 0.609. The van der Waals surface area contributed by atoms with Gasteiger partial charge in [-0.2, -0.15) is 0 Å². The molecule has 0 aliphatic heterocycles. The van der Waals surface area contributed by atoms with Gasteiger partial charge in [0, 0.05) is 38.6 Å². The molecule has 96 valence electrons. The zero-order valence-corrected chi connectivity index (χ0v) is 11.1. The highest BCUT2D eigenvalue weighted by Crippen LogP contribution is 2.13. The van der Waals surface area contributed by atoms with Crippen LogP contribution in [0.15, 0.2) is 12.3 Å². The summed E-state index contributed by atoms with van der Waals surface area (Å²) in [6.07, 6.45) is 1.65. The van der Waals surface area contributed by atoms with Crippen LogP contribution in [0.3, 0.4) is 0 Å². The molecule has 1 rings (SSSR count). The lowest BCUT2D eigenvalue weighted by Gasteiger charge is -2.12. The van der Waals surface area contributed by atoms with E-state index in [1.807, 2.05) is 6.92 Å². The molecule has 0 saturated heterocycles. The fourth-order valence-corrected chi connectivity index (χ4v) is 1.85. The molecule has 0 aliphatic rings. The van der Waals surface area contributed by atoms with Crippen molar-refractivity contribution in [2.24, 2.45) is 0 Å². The van der Waals surface area contributed by atoms with Crippen LogP contribution in [-0.4, -0.2) is 44.1 Å². The molecule has 17 heavy (non-hydrogen) atoms. The van der Waals surface area contributed by atoms with Crippen LogP contribution in [0.4, 0.5) is 11.5 Å². The number of aromatic nitrogens is 1. The molecule has 0 aromatic carbocycles. The van der Waals surface area contributed by atoms with Crippen LogP contribution in [0.2, 0.25) is 0 Å². The summed E-state index contributed by atoms with van der Waals surface area (Å²) >= 11 is 0. The summed E-state index contributed by atoms with van der Waals surface area (Å²) < 4.78 is 24.2. The Labute approximate surface area is 102 Å². The van der Waals surface area contributed by atoms with Gasteiger partial charge < -0.3 is 11.1 Å². The van der Waals surface area contributed by atoms with Crippen molar-refractivity contribution in [3.63, 3.8) is 0 Å². The van der Waals surface area contributed by atoms with Gasteiger partial charge in [-0.15, -0.1) is 0 Å². The standard InChI is InChI=1S/C10H18N4O2S/c1-8-7-13-10(6-9(8)11)12-4-5-17(15,16)14(2)3/h6-7H,4-5H2,1-3H3,(H3,11,12,13). The topological polar surface area (TPSA) is 88.3 Å². The van der Waals surface area contributed by atoms with Crippen molar-refractivity contribution in [2.45, 2.75) is 6.92 Å². The molecule has 1 heterocycles. The largest absolute Gasteiger partial charge is 0.398 e. The Morgan fingerprint density at radius 1 is 1.47 bits per heavy atom. The normalized spacial score (nSPS) is 11.8. The summed E-state index contributed by atoms with van der Waals surface area (Å²) in [5, 5.41) is 2.93. The molecule has 0 unspecified atom stereocenters. The number of pyridine rings is 1. The Morgan fingerprint density at radius 2 is 2.12 bits per heavy atom. The average molecular weight is 258 g/mol. The van der Waals surface area contributed by atoms with Gasteiger partial charge in [-0.3, -0.25) is 0 Å². The predicted octanol–water partition coefficient (Wildman–Crippen LogP) is 0.276. The molecule has 7 heteroatoms. The van der Waals surface area contributed by atoms with E-state index in [1.54, 1.807) is 12.3 Å². The maximum absolute atomic E-state index is 11.5. The van der Waals surface area contributed by atoms with Crippen molar-refractivity contribution in [1.82, 2.24) is 9.29 Å². The zero-order chi connectivity index (χ0) is 13.1. The maximum atomic E-state index is 11.5. The van der Waals surface area contributed by atoms with Gasteiger partial charge in [0.05, 0.1) is 5.75 Å². The van der Waals surface area contributed by atoms with Gasteiger partial charge in [-0.05, 0) is 12.5 Å². The molecular formula is C10H18N4O2S. The molecule has 1 aromatic rings. The number of anilines is 2. The van der Waals surface area contributed by atoms with Gasteiger partial charge in [-0.1, -0.05) is 0 Å². The minimum Gasteiger partial charge on any atom is -0.398 e. The fraction of sp³-hybridized carbons (Fsp3) is 0.500. The first-order valence-electron chi connectivity index (χ1n) is 5.19. The van der Waals surface area contributed by atoms with E-state index in [-0.39, 0.29) is 5.75 Å². The molecule has 0 saturated carbocycles. The average Bonchev–Trinajstić information content (AvgIpc) is 2.23. The van der Waals surface area contributed by atoms with Gasteiger partial charge in [0.1, 0.15) is 5.82 Å². The Balaban J connectivity index is 2.55. The van der Waals surface area contributed by atoms with Crippen molar-refractivity contribution < 1.29 is 8.42 Å². The van der Waals surface area contributed by atoms with Crippen LogP contribution in [-0.2, 0) is 10.0 Å². The lowest BCUT2D eigenvalue weighted by molar-refractivity contribution is 0.521. The minimum atomic E-state index is -3.17. The molecule has 0 aliphatic carbocycles. The SMILES string of the molecule is Cc1cnc(NCCS(=O)(=O)N(C)C)cc1N. The molecule has 0 spiro atoms. The molecule has 0 fully saturated rings. The highest BCUT2D eigenvalue weighted by atomic mass is 32.2. The van der Waals surface area contributed by atoms with E-state index in [9.17, 15) is 8.42 Å². The highest BCUT2D eigenvalue weighted by molar-refractivity contribution is 7.89. The summed E-state index contributed by atoms with van der Waals surface area (Å²) in [5.41, 5.74) is 7.26. The summed E-state index contributed by atoms with van der Waals surface area (Å²) in [4.78, 5) is 4.10. The van der Waals surface area contributed by atoms with Crippen molar-refractivity contribution in [2.75, 3.05) is 37.4 Å². The molecular weight excluding hydrogens is 240 g/mol. The maximum Gasteiger partial charge on any atom is 0.215 e. The highest BCUT2D eigenvalue weighted by Gasteiger charge is 2.12. The van der Waals surface area contributed by atoms with Crippen LogP contribution in [0.1, 0.15) is 5.56 Å². The second kappa shape index (κ2) is 5.33. The van der Waals surface area contributed by atoms with E-state index in [0.717, 1.165) is 5.56 Å². The third kappa shape index (κ3) is 3.86.